The molecule has 0 saturated heterocycles. The Morgan fingerprint density at radius 3 is 3.00 bits per heavy atom. The zero-order valence-electron chi connectivity index (χ0n) is 6.88. The Kier molecular flexibility index (Phi) is 2.35. The van der Waals surface area contributed by atoms with Gasteiger partial charge in [0.2, 0.25) is 0 Å². The number of nitrogens with one attached hydrogen (secondary N) is 1. The minimum atomic E-state index is 0.409. The van der Waals surface area contributed by atoms with Crippen molar-refractivity contribution in [3.05, 3.63) is 34.4 Å². The summed E-state index contributed by atoms with van der Waals surface area (Å²) >= 11 is 3.41. The molecule has 68 valence electrons. The standard InChI is InChI=1S/C9H9BrN2O/c10-7-1-2-9-6(3-7)4-8(12-9)5-13-11/h1-4,12H,5,11H2. The number of fused-ring (bicyclic) bond motifs is 1. The number of halogens is 1. The fraction of sp³-hybridized carbons (Fsp3) is 0.111. The van der Waals surface area contributed by atoms with E-state index >= 15 is 0 Å². The summed E-state index contributed by atoms with van der Waals surface area (Å²) in [5, 5.41) is 1.15. The summed E-state index contributed by atoms with van der Waals surface area (Å²) in [7, 11) is 0. The third-order valence-electron chi connectivity index (χ3n) is 1.88. The van der Waals surface area contributed by atoms with Crippen LogP contribution in [0, 0.1) is 0 Å². The van der Waals surface area contributed by atoms with Crippen LogP contribution in [0.25, 0.3) is 10.9 Å². The minimum absolute atomic E-state index is 0.409. The Labute approximate surface area is 84.0 Å². The first-order valence-corrected chi connectivity index (χ1v) is 4.68. The largest absolute Gasteiger partial charge is 0.356 e. The van der Waals surface area contributed by atoms with E-state index < -0.39 is 0 Å². The van der Waals surface area contributed by atoms with Gasteiger partial charge in [-0.15, -0.1) is 0 Å². The van der Waals surface area contributed by atoms with Crippen molar-refractivity contribution < 1.29 is 4.84 Å². The number of hydrogen-bond donors (Lipinski definition) is 2. The second-order valence-electron chi connectivity index (χ2n) is 2.84. The number of aromatic nitrogens is 1. The number of nitrogens with two attached hydrogens (primary N) is 1. The molecule has 0 saturated carbocycles. The maximum Gasteiger partial charge on any atom is 0.108 e. The molecule has 3 nitrogen and oxygen atoms in total. The molecule has 0 aliphatic heterocycles. The lowest BCUT2D eigenvalue weighted by molar-refractivity contribution is 0.122. The molecule has 0 unspecified atom stereocenters. The molecule has 0 radical (unpaired) electrons. The van der Waals surface area contributed by atoms with Crippen molar-refractivity contribution in [1.82, 2.24) is 4.98 Å². The highest BCUT2D eigenvalue weighted by molar-refractivity contribution is 9.10. The van der Waals surface area contributed by atoms with Crippen molar-refractivity contribution in [2.24, 2.45) is 5.90 Å². The van der Waals surface area contributed by atoms with E-state index in [9.17, 15) is 0 Å². The van der Waals surface area contributed by atoms with Crippen LogP contribution in [-0.4, -0.2) is 4.98 Å². The molecule has 1 heterocycles. The highest BCUT2D eigenvalue weighted by Crippen LogP contribution is 2.20. The van der Waals surface area contributed by atoms with Gasteiger partial charge in [-0.05, 0) is 24.3 Å². The normalized spacial score (nSPS) is 10.9. The molecular formula is C9H9BrN2O. The molecule has 0 aliphatic carbocycles. The Morgan fingerprint density at radius 1 is 1.38 bits per heavy atom. The fourth-order valence-electron chi connectivity index (χ4n) is 1.33. The van der Waals surface area contributed by atoms with Gasteiger partial charge in [0, 0.05) is 21.1 Å². The van der Waals surface area contributed by atoms with E-state index in [-0.39, 0.29) is 0 Å². The summed E-state index contributed by atoms with van der Waals surface area (Å²) in [5.74, 6) is 4.98. The van der Waals surface area contributed by atoms with Crippen LogP contribution in [0.4, 0.5) is 0 Å². The van der Waals surface area contributed by atoms with Gasteiger partial charge in [-0.2, -0.15) is 0 Å². The Balaban J connectivity index is 2.49. The van der Waals surface area contributed by atoms with Crippen LogP contribution in [0.2, 0.25) is 0 Å². The van der Waals surface area contributed by atoms with Gasteiger partial charge in [-0.25, -0.2) is 5.90 Å². The van der Waals surface area contributed by atoms with E-state index in [1.807, 2.05) is 24.3 Å². The molecule has 4 heteroatoms. The van der Waals surface area contributed by atoms with Crippen molar-refractivity contribution >= 4 is 26.8 Å². The van der Waals surface area contributed by atoms with E-state index in [1.54, 1.807) is 0 Å². The Hall–Kier alpha value is -0.840. The zero-order chi connectivity index (χ0) is 9.26. The van der Waals surface area contributed by atoms with Gasteiger partial charge in [0.1, 0.15) is 6.61 Å². The lowest BCUT2D eigenvalue weighted by atomic mass is 10.2. The van der Waals surface area contributed by atoms with E-state index in [4.69, 9.17) is 5.90 Å². The van der Waals surface area contributed by atoms with Crippen LogP contribution in [0.1, 0.15) is 5.69 Å². The number of hydrogen-bond acceptors (Lipinski definition) is 2. The first-order valence-electron chi connectivity index (χ1n) is 3.88. The lowest BCUT2D eigenvalue weighted by Gasteiger charge is -1.91. The summed E-state index contributed by atoms with van der Waals surface area (Å²) in [6.07, 6.45) is 0. The lowest BCUT2D eigenvalue weighted by Crippen LogP contribution is -1.98. The Morgan fingerprint density at radius 2 is 2.23 bits per heavy atom. The molecule has 0 fully saturated rings. The average molecular weight is 241 g/mol. The molecule has 3 N–H and O–H groups in total. The predicted octanol–water partition coefficient (Wildman–Crippen LogP) is 2.32. The van der Waals surface area contributed by atoms with Gasteiger partial charge in [-0.3, -0.25) is 4.84 Å². The van der Waals surface area contributed by atoms with Crippen LogP contribution < -0.4 is 5.90 Å². The summed E-state index contributed by atoms with van der Waals surface area (Å²) in [6, 6.07) is 8.07. The van der Waals surface area contributed by atoms with Crippen molar-refractivity contribution in [3.8, 4) is 0 Å². The maximum atomic E-state index is 4.98. The molecule has 0 aliphatic rings. The van der Waals surface area contributed by atoms with Gasteiger partial charge in [0.05, 0.1) is 0 Å². The topological polar surface area (TPSA) is 51.0 Å². The minimum Gasteiger partial charge on any atom is -0.356 e. The second kappa shape index (κ2) is 3.49. The molecule has 1 aromatic heterocycles. The molecule has 0 amide bonds. The molecule has 13 heavy (non-hydrogen) atoms. The third-order valence-corrected chi connectivity index (χ3v) is 2.37. The smallest absolute Gasteiger partial charge is 0.108 e. The molecule has 2 aromatic rings. The summed E-state index contributed by atoms with van der Waals surface area (Å²) < 4.78 is 1.07. The van der Waals surface area contributed by atoms with Crippen molar-refractivity contribution in [2.75, 3.05) is 0 Å². The molecule has 0 bridgehead atoms. The number of benzene rings is 1. The van der Waals surface area contributed by atoms with Gasteiger partial charge in [0.15, 0.2) is 0 Å². The van der Waals surface area contributed by atoms with Crippen molar-refractivity contribution in [2.45, 2.75) is 6.61 Å². The Bertz CT molecular complexity index is 424. The summed E-state index contributed by atoms with van der Waals surface area (Å²) in [4.78, 5) is 7.74. The molecule has 0 atom stereocenters. The van der Waals surface area contributed by atoms with Crippen molar-refractivity contribution in [1.29, 1.82) is 0 Å². The van der Waals surface area contributed by atoms with E-state index in [1.165, 1.54) is 0 Å². The first kappa shape index (κ1) is 8.74. The van der Waals surface area contributed by atoms with Crippen LogP contribution in [0.15, 0.2) is 28.7 Å². The number of H-pyrrole nitrogens is 1. The molecular weight excluding hydrogens is 232 g/mol. The SMILES string of the molecule is NOCc1cc2cc(Br)ccc2[nH]1. The van der Waals surface area contributed by atoms with Crippen LogP contribution in [-0.2, 0) is 11.4 Å². The monoisotopic (exact) mass is 240 g/mol. The van der Waals surface area contributed by atoms with Crippen LogP contribution in [0.5, 0.6) is 0 Å². The molecule has 1 aromatic carbocycles. The van der Waals surface area contributed by atoms with Gasteiger partial charge < -0.3 is 4.98 Å². The number of rotatable bonds is 2. The highest BCUT2D eigenvalue weighted by atomic mass is 79.9. The number of aromatic amines is 1. The maximum absolute atomic E-state index is 4.98. The van der Waals surface area contributed by atoms with Gasteiger partial charge in [0.25, 0.3) is 0 Å². The summed E-state index contributed by atoms with van der Waals surface area (Å²) in [6.45, 7) is 0.409. The van der Waals surface area contributed by atoms with Crippen LogP contribution >= 0.6 is 15.9 Å². The third kappa shape index (κ3) is 1.75. The van der Waals surface area contributed by atoms with E-state index in [0.717, 1.165) is 21.1 Å². The van der Waals surface area contributed by atoms with Gasteiger partial charge in [-0.1, -0.05) is 15.9 Å². The van der Waals surface area contributed by atoms with Crippen LogP contribution in [0.3, 0.4) is 0 Å². The molecule has 0 spiro atoms. The predicted molar refractivity (Wildman–Crippen MR) is 55.0 cm³/mol. The quantitative estimate of drug-likeness (QED) is 0.792. The van der Waals surface area contributed by atoms with Gasteiger partial charge >= 0.3 is 0 Å². The first-order chi connectivity index (χ1) is 6.29. The zero-order valence-corrected chi connectivity index (χ0v) is 8.47. The average Bonchev–Trinajstić information content (AvgIpc) is 2.46. The summed E-state index contributed by atoms with van der Waals surface area (Å²) in [5.41, 5.74) is 2.07. The van der Waals surface area contributed by atoms with Crippen molar-refractivity contribution in [3.63, 3.8) is 0 Å². The second-order valence-corrected chi connectivity index (χ2v) is 3.75. The van der Waals surface area contributed by atoms with E-state index in [2.05, 4.69) is 25.8 Å². The van der Waals surface area contributed by atoms with E-state index in [0.29, 0.717) is 6.61 Å². The molecule has 2 rings (SSSR count). The fourth-order valence-corrected chi connectivity index (χ4v) is 1.71. The highest BCUT2D eigenvalue weighted by Gasteiger charge is 2.00.